The zero-order valence-electron chi connectivity index (χ0n) is 28.7. The quantitative estimate of drug-likeness (QED) is 0.161. The van der Waals surface area contributed by atoms with Crippen molar-refractivity contribution in [1.29, 1.82) is 0 Å². The molecule has 3 aromatic carbocycles. The molecule has 47 heavy (non-hydrogen) atoms. The normalized spacial score (nSPS) is 19.3. The Morgan fingerprint density at radius 3 is 2.13 bits per heavy atom. The average molecular weight is 748 g/mol. The van der Waals surface area contributed by atoms with Crippen LogP contribution in [0.1, 0.15) is 82.4 Å². The summed E-state index contributed by atoms with van der Waals surface area (Å²) in [5, 5.41) is 2.35. The smallest absolute Gasteiger partial charge is 0.174 e. The summed E-state index contributed by atoms with van der Waals surface area (Å²) >= 11 is 2.31. The lowest BCUT2D eigenvalue weighted by atomic mass is 9.63. The van der Waals surface area contributed by atoms with Gasteiger partial charge < -0.3 is 19.1 Å². The van der Waals surface area contributed by atoms with E-state index in [4.69, 9.17) is 14.2 Å². The molecule has 0 N–H and O–H groups in total. The molecule has 6 rings (SSSR count). The highest BCUT2D eigenvalue weighted by molar-refractivity contribution is 14.1. The number of benzene rings is 3. The van der Waals surface area contributed by atoms with Crippen LogP contribution in [0.15, 0.2) is 71.1 Å². The van der Waals surface area contributed by atoms with Crippen molar-refractivity contribution in [2.75, 3.05) is 27.4 Å². The number of ketones is 2. The number of hydrogen-bond donors (Lipinski definition) is 0. The van der Waals surface area contributed by atoms with E-state index in [9.17, 15) is 9.59 Å². The van der Waals surface area contributed by atoms with E-state index < -0.39 is 5.92 Å². The Morgan fingerprint density at radius 1 is 0.872 bits per heavy atom. The van der Waals surface area contributed by atoms with Gasteiger partial charge in [0.05, 0.1) is 10.7 Å². The number of ether oxygens (including phenoxy) is 3. The lowest BCUT2D eigenvalue weighted by molar-refractivity contribution is -0.119. The van der Waals surface area contributed by atoms with Crippen LogP contribution in [-0.4, -0.2) is 43.8 Å². The molecule has 0 unspecified atom stereocenters. The molecule has 0 atom stereocenters. The maximum atomic E-state index is 14.2. The molecule has 0 aromatic heterocycles. The molecule has 0 saturated heterocycles. The molecule has 6 nitrogen and oxygen atoms in total. The summed E-state index contributed by atoms with van der Waals surface area (Å²) < 4.78 is 18.8. The molecule has 3 aliphatic rings. The monoisotopic (exact) mass is 747 g/mol. The number of allylic oxidation sites excluding steroid dienone is 4. The zero-order chi connectivity index (χ0) is 33.7. The van der Waals surface area contributed by atoms with E-state index in [1.807, 2.05) is 6.07 Å². The van der Waals surface area contributed by atoms with Crippen LogP contribution < -0.4 is 9.47 Å². The third-order valence-corrected chi connectivity index (χ3v) is 10.8. The van der Waals surface area contributed by atoms with E-state index in [1.165, 1.54) is 16.3 Å². The number of carbonyl (C=O) groups excluding carboxylic acids is 2. The van der Waals surface area contributed by atoms with Crippen molar-refractivity contribution in [2.45, 2.75) is 79.2 Å². The second kappa shape index (κ2) is 13.0. The van der Waals surface area contributed by atoms with Crippen molar-refractivity contribution in [3.05, 3.63) is 91.3 Å². The van der Waals surface area contributed by atoms with Crippen LogP contribution in [-0.2, 0) is 20.9 Å². The van der Waals surface area contributed by atoms with Crippen molar-refractivity contribution in [1.82, 2.24) is 4.90 Å². The number of nitrogens with zero attached hydrogens (tertiary/aromatic N) is 1. The molecule has 2 aliphatic carbocycles. The summed E-state index contributed by atoms with van der Waals surface area (Å²) in [6, 6.07) is 16.7. The summed E-state index contributed by atoms with van der Waals surface area (Å²) in [4.78, 5) is 30.8. The highest BCUT2D eigenvalue weighted by Crippen LogP contribution is 2.55. The third kappa shape index (κ3) is 6.50. The van der Waals surface area contributed by atoms with Gasteiger partial charge in [-0.1, -0.05) is 64.1 Å². The highest BCUT2D eigenvalue weighted by atomic mass is 127. The second-order valence-corrected chi connectivity index (χ2v) is 16.1. The van der Waals surface area contributed by atoms with Crippen LogP contribution in [0.4, 0.5) is 0 Å². The van der Waals surface area contributed by atoms with Gasteiger partial charge in [0.2, 0.25) is 0 Å². The van der Waals surface area contributed by atoms with Crippen LogP contribution in [0.25, 0.3) is 10.8 Å². The molecular weight excluding hydrogens is 701 g/mol. The molecule has 0 bridgehead atoms. The van der Waals surface area contributed by atoms with E-state index in [0.717, 1.165) is 56.5 Å². The Kier molecular flexibility index (Phi) is 9.35. The van der Waals surface area contributed by atoms with Crippen LogP contribution >= 0.6 is 22.6 Å². The standard InChI is InChI=1S/C40H46INO5/c1-24-13-14-25-11-8-9-12-27(25)28(24)23-47-38-29(41)17-26(18-34(38)46-7)35-36-30(19-39(2,3)21-32(36)43)42(15-10-16-45-6)31-20-40(4,5)22-33(44)37(31)35/h8-9,11-14,17-18,35H,10,15-16,19-23H2,1-7H3. The summed E-state index contributed by atoms with van der Waals surface area (Å²) in [7, 11) is 3.37. The van der Waals surface area contributed by atoms with E-state index in [2.05, 4.69) is 105 Å². The van der Waals surface area contributed by atoms with E-state index >= 15 is 0 Å². The Hall–Kier alpha value is -3.17. The first-order valence-electron chi connectivity index (χ1n) is 16.6. The van der Waals surface area contributed by atoms with Gasteiger partial charge in [0, 0.05) is 67.1 Å². The Balaban J connectivity index is 1.46. The molecule has 0 saturated carbocycles. The molecule has 0 spiro atoms. The summed E-state index contributed by atoms with van der Waals surface area (Å²) in [6.45, 7) is 12.5. The fourth-order valence-corrected chi connectivity index (χ4v) is 8.63. The molecule has 248 valence electrons. The Bertz CT molecular complexity index is 1760. The largest absolute Gasteiger partial charge is 0.493 e. The molecule has 1 heterocycles. The van der Waals surface area contributed by atoms with Crippen LogP contribution in [0.3, 0.4) is 0 Å². The summed E-state index contributed by atoms with van der Waals surface area (Å²) in [5.41, 5.74) is 6.54. The van der Waals surface area contributed by atoms with Gasteiger partial charge in [0.15, 0.2) is 23.1 Å². The molecule has 0 amide bonds. The molecule has 0 fully saturated rings. The SMILES string of the molecule is COCCCN1C2=C(C(=O)CC(C)(C)C2)C(c2cc(I)c(OCc3c(C)ccc4ccccc34)c(OC)c2)C2=C1CC(C)(C)CC2=O. The summed E-state index contributed by atoms with van der Waals surface area (Å²) in [6.07, 6.45) is 3.28. The lowest BCUT2D eigenvalue weighted by Crippen LogP contribution is -2.44. The topological polar surface area (TPSA) is 65.1 Å². The van der Waals surface area contributed by atoms with E-state index in [0.29, 0.717) is 44.1 Å². The number of hydrogen-bond acceptors (Lipinski definition) is 6. The first kappa shape index (κ1) is 33.7. The molecule has 0 radical (unpaired) electrons. The maximum Gasteiger partial charge on any atom is 0.174 e. The van der Waals surface area contributed by atoms with Crippen LogP contribution in [0.2, 0.25) is 0 Å². The van der Waals surface area contributed by atoms with Gasteiger partial charge in [-0.15, -0.1) is 0 Å². The van der Waals surface area contributed by atoms with Crippen molar-refractivity contribution in [3.63, 3.8) is 0 Å². The number of Topliss-reactive ketones (excluding diaryl/α,β-unsaturated/α-hetero) is 2. The fraction of sp³-hybridized carbons (Fsp3) is 0.450. The molecule has 1 aliphatic heterocycles. The Labute approximate surface area is 292 Å². The minimum Gasteiger partial charge on any atom is -0.493 e. The zero-order valence-corrected chi connectivity index (χ0v) is 30.9. The fourth-order valence-electron chi connectivity index (χ4n) is 7.85. The number of methoxy groups -OCH3 is 2. The van der Waals surface area contributed by atoms with Crippen molar-refractivity contribution in [2.24, 2.45) is 10.8 Å². The minimum atomic E-state index is -0.442. The van der Waals surface area contributed by atoms with Gasteiger partial charge in [0.25, 0.3) is 0 Å². The molecule has 3 aromatic rings. The second-order valence-electron chi connectivity index (χ2n) is 14.9. The van der Waals surface area contributed by atoms with Crippen molar-refractivity contribution < 1.29 is 23.8 Å². The van der Waals surface area contributed by atoms with Gasteiger partial charge in [-0.3, -0.25) is 9.59 Å². The predicted molar refractivity (Wildman–Crippen MR) is 195 cm³/mol. The van der Waals surface area contributed by atoms with Crippen LogP contribution in [0.5, 0.6) is 11.5 Å². The number of aryl methyl sites for hydroxylation is 1. The highest BCUT2D eigenvalue weighted by Gasteiger charge is 2.49. The van der Waals surface area contributed by atoms with Crippen LogP contribution in [0, 0.1) is 21.3 Å². The van der Waals surface area contributed by atoms with E-state index in [1.54, 1.807) is 14.2 Å². The first-order valence-corrected chi connectivity index (χ1v) is 17.7. The molecular formula is C40H46INO5. The van der Waals surface area contributed by atoms with Gasteiger partial charge in [-0.2, -0.15) is 0 Å². The van der Waals surface area contributed by atoms with Gasteiger partial charge in [-0.25, -0.2) is 0 Å². The number of halogens is 1. The third-order valence-electron chi connectivity index (χ3n) is 9.97. The van der Waals surface area contributed by atoms with Gasteiger partial charge in [-0.05, 0) is 93.6 Å². The molecule has 7 heteroatoms. The summed E-state index contributed by atoms with van der Waals surface area (Å²) in [5.74, 6) is 1.08. The number of fused-ring (bicyclic) bond motifs is 1. The van der Waals surface area contributed by atoms with Crippen molar-refractivity contribution >= 4 is 44.9 Å². The number of carbonyl (C=O) groups is 2. The van der Waals surface area contributed by atoms with E-state index in [-0.39, 0.29) is 22.4 Å². The van der Waals surface area contributed by atoms with Crippen molar-refractivity contribution in [3.8, 4) is 11.5 Å². The minimum absolute atomic E-state index is 0.128. The predicted octanol–water partition coefficient (Wildman–Crippen LogP) is 9.06. The Morgan fingerprint density at radius 2 is 1.51 bits per heavy atom. The average Bonchev–Trinajstić information content (AvgIpc) is 3.00. The lowest BCUT2D eigenvalue weighted by Gasteiger charge is -2.49. The van der Waals surface area contributed by atoms with Gasteiger partial charge >= 0.3 is 0 Å². The number of rotatable bonds is 9. The maximum absolute atomic E-state index is 14.2. The first-order chi connectivity index (χ1) is 22.3. The van der Waals surface area contributed by atoms with Gasteiger partial charge in [0.1, 0.15) is 6.61 Å².